The van der Waals surface area contributed by atoms with Crippen LogP contribution in [0.5, 0.6) is 0 Å². The molecular formula is C26H25N2PS. The predicted molar refractivity (Wildman–Crippen MR) is 130 cm³/mol. The molecule has 4 heteroatoms. The second kappa shape index (κ2) is 8.81. The van der Waals surface area contributed by atoms with E-state index in [1.807, 2.05) is 11.3 Å². The zero-order valence-electron chi connectivity index (χ0n) is 17.1. The molecule has 4 aromatic rings. The lowest BCUT2D eigenvalue weighted by atomic mass is 9.98. The van der Waals surface area contributed by atoms with Crippen molar-refractivity contribution in [2.45, 2.75) is 25.3 Å². The van der Waals surface area contributed by atoms with E-state index in [0.717, 1.165) is 11.4 Å². The van der Waals surface area contributed by atoms with E-state index in [0.29, 0.717) is 6.04 Å². The van der Waals surface area contributed by atoms with Gasteiger partial charge < -0.3 is 0 Å². The quantitative estimate of drug-likeness (QED) is 0.354. The highest BCUT2D eigenvalue weighted by Gasteiger charge is 2.32. The number of aryl methyl sites for hydroxylation is 1. The summed E-state index contributed by atoms with van der Waals surface area (Å²) >= 11 is 1.88. The van der Waals surface area contributed by atoms with Crippen LogP contribution >= 0.6 is 19.4 Å². The number of nitrogens with zero attached hydrogens (tertiary/aromatic N) is 2. The lowest BCUT2D eigenvalue weighted by Crippen LogP contribution is -2.31. The van der Waals surface area contributed by atoms with Crippen molar-refractivity contribution in [2.24, 2.45) is 0 Å². The first-order valence-corrected chi connectivity index (χ1v) is 12.6. The molecule has 1 aromatic heterocycles. The van der Waals surface area contributed by atoms with Crippen LogP contribution in [0.2, 0.25) is 0 Å². The van der Waals surface area contributed by atoms with Crippen molar-refractivity contribution < 1.29 is 0 Å². The van der Waals surface area contributed by atoms with Gasteiger partial charge in [0, 0.05) is 18.5 Å². The Balaban J connectivity index is 1.54. The third kappa shape index (κ3) is 3.86. The van der Waals surface area contributed by atoms with Gasteiger partial charge in [-0.25, -0.2) is 4.98 Å². The highest BCUT2D eigenvalue weighted by Crippen LogP contribution is 2.48. The molecule has 0 amide bonds. The van der Waals surface area contributed by atoms with Gasteiger partial charge in [-0.1, -0.05) is 91.0 Å². The third-order valence-corrected chi connectivity index (χ3v) is 9.38. The molecule has 0 aliphatic heterocycles. The van der Waals surface area contributed by atoms with Crippen molar-refractivity contribution in [1.29, 1.82) is 0 Å². The van der Waals surface area contributed by atoms with E-state index in [9.17, 15) is 0 Å². The molecular weight excluding hydrogens is 403 g/mol. The van der Waals surface area contributed by atoms with Crippen LogP contribution in [-0.4, -0.2) is 16.7 Å². The van der Waals surface area contributed by atoms with E-state index >= 15 is 0 Å². The van der Waals surface area contributed by atoms with Crippen molar-refractivity contribution in [3.8, 4) is 10.6 Å². The number of hydrogen-bond donors (Lipinski definition) is 0. The molecule has 3 aromatic carbocycles. The Morgan fingerprint density at radius 1 is 0.833 bits per heavy atom. The first-order chi connectivity index (χ1) is 14.8. The lowest BCUT2D eigenvalue weighted by molar-refractivity contribution is 0.357. The fourth-order valence-corrected chi connectivity index (χ4v) is 7.86. The fraction of sp³-hybridized carbons (Fsp3) is 0.192. The summed E-state index contributed by atoms with van der Waals surface area (Å²) < 4.78 is 2.60. The Morgan fingerprint density at radius 2 is 1.40 bits per heavy atom. The molecule has 0 saturated heterocycles. The van der Waals surface area contributed by atoms with Gasteiger partial charge in [-0.3, -0.25) is 4.67 Å². The van der Waals surface area contributed by atoms with Gasteiger partial charge in [-0.05, 0) is 36.9 Å². The Morgan fingerprint density at radius 3 is 2.00 bits per heavy atom. The van der Waals surface area contributed by atoms with E-state index in [1.165, 1.54) is 39.6 Å². The summed E-state index contributed by atoms with van der Waals surface area (Å²) in [4.78, 5) is 6.65. The zero-order chi connectivity index (χ0) is 20.3. The summed E-state index contributed by atoms with van der Waals surface area (Å²) in [5, 5.41) is 3.95. The molecule has 1 aliphatic rings. The van der Waals surface area contributed by atoms with Gasteiger partial charge >= 0.3 is 0 Å². The standard InChI is InChI=1S/C26H25N2PS/c1-28(29(21-14-7-3-8-15-21)22-16-9-4-10-17-22)23-18-11-19-24-25(23)27-26(30-24)20-12-5-2-6-13-20/h2-10,12-17,23H,11,18-19H2,1H3. The molecule has 1 atom stereocenters. The highest BCUT2D eigenvalue weighted by molar-refractivity contribution is 7.70. The number of rotatable bonds is 5. The summed E-state index contributed by atoms with van der Waals surface area (Å²) in [6, 6.07) is 32.9. The SMILES string of the molecule is CN(C1CCCc2sc(-c3ccccc3)nc21)P(c1ccccc1)c1ccccc1. The first-order valence-electron chi connectivity index (χ1n) is 10.5. The normalized spacial score (nSPS) is 16.0. The van der Waals surface area contributed by atoms with Crippen LogP contribution in [-0.2, 0) is 6.42 Å². The van der Waals surface area contributed by atoms with E-state index < -0.39 is 8.07 Å². The molecule has 0 N–H and O–H groups in total. The average Bonchev–Trinajstić information content (AvgIpc) is 3.26. The summed E-state index contributed by atoms with van der Waals surface area (Å²) in [7, 11) is 1.69. The number of aromatic nitrogens is 1. The zero-order valence-corrected chi connectivity index (χ0v) is 18.8. The molecule has 0 fully saturated rings. The maximum atomic E-state index is 5.18. The lowest BCUT2D eigenvalue weighted by Gasteiger charge is -2.37. The fourth-order valence-electron chi connectivity index (χ4n) is 4.25. The van der Waals surface area contributed by atoms with Crippen LogP contribution in [0.15, 0.2) is 91.0 Å². The maximum absolute atomic E-state index is 5.18. The molecule has 2 nitrogen and oxygen atoms in total. The molecule has 0 bridgehead atoms. The van der Waals surface area contributed by atoms with Crippen molar-refractivity contribution in [2.75, 3.05) is 7.05 Å². The summed E-state index contributed by atoms with van der Waals surface area (Å²) in [5.74, 6) is 0. The van der Waals surface area contributed by atoms with Gasteiger partial charge in [0.05, 0.1) is 11.7 Å². The minimum Gasteiger partial charge on any atom is -0.269 e. The van der Waals surface area contributed by atoms with Crippen molar-refractivity contribution in [1.82, 2.24) is 9.65 Å². The van der Waals surface area contributed by atoms with Crippen molar-refractivity contribution >= 4 is 30.0 Å². The van der Waals surface area contributed by atoms with Gasteiger partial charge in [0.1, 0.15) is 5.01 Å². The van der Waals surface area contributed by atoms with Crippen LogP contribution in [0.1, 0.15) is 29.5 Å². The van der Waals surface area contributed by atoms with E-state index in [1.54, 1.807) is 0 Å². The molecule has 1 unspecified atom stereocenters. The first kappa shape index (κ1) is 19.6. The Bertz CT molecular complexity index is 1060. The summed E-state index contributed by atoms with van der Waals surface area (Å²) in [6.07, 6.45) is 3.55. The molecule has 150 valence electrons. The van der Waals surface area contributed by atoms with Gasteiger partial charge in [-0.2, -0.15) is 0 Å². The third-order valence-electron chi connectivity index (χ3n) is 5.71. The largest absolute Gasteiger partial charge is 0.269 e. The van der Waals surface area contributed by atoms with Crippen molar-refractivity contribution in [3.63, 3.8) is 0 Å². The molecule has 1 aliphatic carbocycles. The van der Waals surface area contributed by atoms with E-state index in [2.05, 4.69) is 103 Å². The van der Waals surface area contributed by atoms with Gasteiger partial charge in [0.15, 0.2) is 0 Å². The predicted octanol–water partition coefficient (Wildman–Crippen LogP) is 6.17. The molecule has 0 saturated carbocycles. The van der Waals surface area contributed by atoms with E-state index in [-0.39, 0.29) is 0 Å². The second-order valence-electron chi connectivity index (χ2n) is 7.66. The van der Waals surface area contributed by atoms with Crippen LogP contribution in [0.25, 0.3) is 10.6 Å². The number of benzene rings is 3. The minimum absolute atomic E-state index is 0.356. The smallest absolute Gasteiger partial charge is 0.123 e. The van der Waals surface area contributed by atoms with E-state index in [4.69, 9.17) is 4.98 Å². The molecule has 5 rings (SSSR count). The Labute approximate surface area is 184 Å². The molecule has 0 radical (unpaired) electrons. The number of thiazole rings is 1. The monoisotopic (exact) mass is 428 g/mol. The van der Waals surface area contributed by atoms with Gasteiger partial charge in [-0.15, -0.1) is 11.3 Å². The highest BCUT2D eigenvalue weighted by atomic mass is 32.1. The summed E-state index contributed by atoms with van der Waals surface area (Å²) in [5.41, 5.74) is 2.53. The topological polar surface area (TPSA) is 16.1 Å². The summed E-state index contributed by atoms with van der Waals surface area (Å²) in [6.45, 7) is 0. The van der Waals surface area contributed by atoms with Crippen LogP contribution in [0.4, 0.5) is 0 Å². The van der Waals surface area contributed by atoms with Crippen LogP contribution < -0.4 is 10.6 Å². The van der Waals surface area contributed by atoms with Gasteiger partial charge in [0.2, 0.25) is 0 Å². The second-order valence-corrected chi connectivity index (χ2v) is 11.0. The molecule has 0 spiro atoms. The average molecular weight is 429 g/mol. The van der Waals surface area contributed by atoms with Crippen LogP contribution in [0.3, 0.4) is 0 Å². The van der Waals surface area contributed by atoms with Crippen LogP contribution in [0, 0.1) is 0 Å². The molecule has 30 heavy (non-hydrogen) atoms. The number of fused-ring (bicyclic) bond motifs is 1. The Kier molecular flexibility index (Phi) is 5.77. The Hall–Kier alpha value is -2.32. The maximum Gasteiger partial charge on any atom is 0.123 e. The number of hydrogen-bond acceptors (Lipinski definition) is 3. The van der Waals surface area contributed by atoms with Crippen molar-refractivity contribution in [3.05, 3.63) is 102 Å². The minimum atomic E-state index is -0.606. The molecule has 1 heterocycles. The van der Waals surface area contributed by atoms with Gasteiger partial charge in [0.25, 0.3) is 0 Å².